The first kappa shape index (κ1) is 13.4. The van der Waals surface area contributed by atoms with Gasteiger partial charge >= 0.3 is 0 Å². The lowest BCUT2D eigenvalue weighted by atomic mass is 10.1. The third-order valence-electron chi connectivity index (χ3n) is 2.48. The van der Waals surface area contributed by atoms with E-state index in [1.807, 2.05) is 0 Å². The first-order valence-corrected chi connectivity index (χ1v) is 5.76. The molecule has 5 heteroatoms. The van der Waals surface area contributed by atoms with Gasteiger partial charge < -0.3 is 4.74 Å². The first-order valence-electron chi connectivity index (χ1n) is 5.76. The van der Waals surface area contributed by atoms with E-state index in [4.69, 9.17) is 4.74 Å². The molecule has 0 aliphatic rings. The van der Waals surface area contributed by atoms with Crippen LogP contribution in [-0.2, 0) is 0 Å². The van der Waals surface area contributed by atoms with Gasteiger partial charge in [-0.15, -0.1) is 0 Å². The zero-order valence-electron chi connectivity index (χ0n) is 10.5. The molecule has 0 saturated carbocycles. The second kappa shape index (κ2) is 5.30. The Morgan fingerprint density at radius 1 is 1.05 bits per heavy atom. The normalized spacial score (nSPS) is 10.8. The first-order chi connectivity index (χ1) is 8.97. The standard InChI is InChI=1S/C14H12F3NO/c1-8(2)13-11(16)7-12(17)14(18-13)19-10-5-3-4-9(15)6-10/h3-8H,1-2H3. The molecule has 0 aliphatic carbocycles. The van der Waals surface area contributed by atoms with Crippen molar-refractivity contribution < 1.29 is 17.9 Å². The smallest absolute Gasteiger partial charge is 0.256 e. The summed E-state index contributed by atoms with van der Waals surface area (Å²) in [4.78, 5) is 3.80. The van der Waals surface area contributed by atoms with Crippen LogP contribution in [0.1, 0.15) is 25.5 Å². The van der Waals surface area contributed by atoms with E-state index in [1.165, 1.54) is 18.2 Å². The summed E-state index contributed by atoms with van der Waals surface area (Å²) in [5.74, 6) is -2.63. The average molecular weight is 267 g/mol. The molecule has 1 heterocycles. The van der Waals surface area contributed by atoms with Crippen LogP contribution in [-0.4, -0.2) is 4.98 Å². The molecule has 0 unspecified atom stereocenters. The summed E-state index contributed by atoms with van der Waals surface area (Å²) in [5.41, 5.74) is 0.104. The molecule has 19 heavy (non-hydrogen) atoms. The minimum absolute atomic E-state index is 0.104. The average Bonchev–Trinajstić information content (AvgIpc) is 2.32. The number of ether oxygens (including phenoxy) is 1. The number of nitrogens with zero attached hydrogens (tertiary/aromatic N) is 1. The highest BCUT2D eigenvalue weighted by molar-refractivity contribution is 5.29. The van der Waals surface area contributed by atoms with Gasteiger partial charge in [0, 0.05) is 12.1 Å². The predicted octanol–water partition coefficient (Wildman–Crippen LogP) is 4.41. The molecule has 0 atom stereocenters. The van der Waals surface area contributed by atoms with E-state index >= 15 is 0 Å². The Morgan fingerprint density at radius 2 is 1.79 bits per heavy atom. The van der Waals surface area contributed by atoms with E-state index in [0.717, 1.165) is 12.1 Å². The van der Waals surface area contributed by atoms with Crippen molar-refractivity contribution in [2.45, 2.75) is 19.8 Å². The number of halogens is 3. The van der Waals surface area contributed by atoms with E-state index in [9.17, 15) is 13.2 Å². The SMILES string of the molecule is CC(C)c1nc(Oc2cccc(F)c2)c(F)cc1F. The molecule has 0 spiro atoms. The van der Waals surface area contributed by atoms with Crippen LogP contribution < -0.4 is 4.74 Å². The second-order valence-corrected chi connectivity index (χ2v) is 4.36. The molecule has 1 aromatic carbocycles. The van der Waals surface area contributed by atoms with E-state index < -0.39 is 17.5 Å². The molecule has 2 rings (SSSR count). The van der Waals surface area contributed by atoms with Gasteiger partial charge in [-0.1, -0.05) is 19.9 Å². The Hall–Kier alpha value is -2.04. The minimum atomic E-state index is -0.925. The van der Waals surface area contributed by atoms with Gasteiger partial charge in [0.1, 0.15) is 17.4 Å². The highest BCUT2D eigenvalue weighted by atomic mass is 19.1. The van der Waals surface area contributed by atoms with Gasteiger partial charge in [-0.2, -0.15) is 0 Å². The van der Waals surface area contributed by atoms with Gasteiger partial charge in [-0.05, 0) is 18.1 Å². The minimum Gasteiger partial charge on any atom is -0.436 e. The van der Waals surface area contributed by atoms with Gasteiger partial charge in [0.05, 0.1) is 5.69 Å². The fourth-order valence-corrected chi connectivity index (χ4v) is 1.58. The van der Waals surface area contributed by atoms with Gasteiger partial charge in [0.2, 0.25) is 0 Å². The monoisotopic (exact) mass is 267 g/mol. The summed E-state index contributed by atoms with van der Waals surface area (Å²) in [7, 11) is 0. The fourth-order valence-electron chi connectivity index (χ4n) is 1.58. The van der Waals surface area contributed by atoms with E-state index in [-0.39, 0.29) is 23.2 Å². The third kappa shape index (κ3) is 3.05. The number of hydrogen-bond acceptors (Lipinski definition) is 2. The predicted molar refractivity (Wildman–Crippen MR) is 64.7 cm³/mol. The summed E-state index contributed by atoms with van der Waals surface area (Å²) >= 11 is 0. The Balaban J connectivity index is 2.37. The van der Waals surface area contributed by atoms with Gasteiger partial charge in [0.25, 0.3) is 5.88 Å². The Kier molecular flexibility index (Phi) is 3.74. The summed E-state index contributed by atoms with van der Waals surface area (Å²) < 4.78 is 45.2. The van der Waals surface area contributed by atoms with Gasteiger partial charge in [0.15, 0.2) is 5.82 Å². The summed E-state index contributed by atoms with van der Waals surface area (Å²) in [6.45, 7) is 3.46. The largest absolute Gasteiger partial charge is 0.436 e. The summed E-state index contributed by atoms with van der Waals surface area (Å²) in [6, 6.07) is 5.94. The summed E-state index contributed by atoms with van der Waals surface area (Å²) in [5, 5.41) is 0. The van der Waals surface area contributed by atoms with Gasteiger partial charge in [-0.25, -0.2) is 18.2 Å². The lowest BCUT2D eigenvalue weighted by Crippen LogP contribution is -2.02. The van der Waals surface area contributed by atoms with Crippen LogP contribution in [0.15, 0.2) is 30.3 Å². The van der Waals surface area contributed by atoms with E-state index in [0.29, 0.717) is 0 Å². The number of aromatic nitrogens is 1. The Bertz CT molecular complexity index is 599. The summed E-state index contributed by atoms with van der Waals surface area (Å²) in [6.07, 6.45) is 0. The van der Waals surface area contributed by atoms with Crippen molar-refractivity contribution in [3.05, 3.63) is 53.5 Å². The molecule has 0 bridgehead atoms. The maximum absolute atomic E-state index is 13.6. The molecule has 0 amide bonds. The number of pyridine rings is 1. The number of hydrogen-bond donors (Lipinski definition) is 0. The van der Waals surface area contributed by atoms with Crippen LogP contribution in [0.5, 0.6) is 11.6 Å². The van der Waals surface area contributed by atoms with Crippen molar-refractivity contribution in [3.8, 4) is 11.6 Å². The maximum Gasteiger partial charge on any atom is 0.256 e. The van der Waals surface area contributed by atoms with E-state index in [1.54, 1.807) is 13.8 Å². The van der Waals surface area contributed by atoms with Crippen molar-refractivity contribution in [1.29, 1.82) is 0 Å². The third-order valence-corrected chi connectivity index (χ3v) is 2.48. The topological polar surface area (TPSA) is 22.1 Å². The Morgan fingerprint density at radius 3 is 2.42 bits per heavy atom. The van der Waals surface area contributed by atoms with Crippen LogP contribution in [0, 0.1) is 17.5 Å². The molecule has 2 aromatic rings. The lowest BCUT2D eigenvalue weighted by Gasteiger charge is -2.10. The van der Waals surface area contributed by atoms with Crippen molar-refractivity contribution in [1.82, 2.24) is 4.98 Å². The van der Waals surface area contributed by atoms with Crippen LogP contribution in [0.3, 0.4) is 0 Å². The molecule has 0 fully saturated rings. The molecule has 100 valence electrons. The van der Waals surface area contributed by atoms with Crippen LogP contribution in [0.4, 0.5) is 13.2 Å². The van der Waals surface area contributed by atoms with Gasteiger partial charge in [-0.3, -0.25) is 0 Å². The molecule has 2 nitrogen and oxygen atoms in total. The van der Waals surface area contributed by atoms with Crippen molar-refractivity contribution >= 4 is 0 Å². The van der Waals surface area contributed by atoms with Crippen molar-refractivity contribution in [2.75, 3.05) is 0 Å². The highest BCUT2D eigenvalue weighted by Gasteiger charge is 2.16. The quantitative estimate of drug-likeness (QED) is 0.821. The molecular formula is C14H12F3NO. The zero-order valence-corrected chi connectivity index (χ0v) is 10.5. The molecule has 0 N–H and O–H groups in total. The second-order valence-electron chi connectivity index (χ2n) is 4.36. The molecular weight excluding hydrogens is 255 g/mol. The molecule has 0 aliphatic heterocycles. The molecule has 0 radical (unpaired) electrons. The maximum atomic E-state index is 13.6. The fraction of sp³-hybridized carbons (Fsp3) is 0.214. The Labute approximate surface area is 108 Å². The molecule has 0 saturated heterocycles. The number of benzene rings is 1. The van der Waals surface area contributed by atoms with E-state index in [2.05, 4.69) is 4.98 Å². The van der Waals surface area contributed by atoms with Crippen LogP contribution in [0.2, 0.25) is 0 Å². The highest BCUT2D eigenvalue weighted by Crippen LogP contribution is 2.27. The van der Waals surface area contributed by atoms with Crippen molar-refractivity contribution in [3.63, 3.8) is 0 Å². The van der Waals surface area contributed by atoms with Crippen molar-refractivity contribution in [2.24, 2.45) is 0 Å². The lowest BCUT2D eigenvalue weighted by molar-refractivity contribution is 0.408. The molecule has 1 aromatic heterocycles. The number of rotatable bonds is 3. The van der Waals surface area contributed by atoms with Crippen LogP contribution in [0.25, 0.3) is 0 Å². The van der Waals surface area contributed by atoms with Crippen LogP contribution >= 0.6 is 0 Å². The zero-order chi connectivity index (χ0) is 14.0.